The van der Waals surface area contributed by atoms with Crippen LogP contribution in [0.4, 0.5) is 0 Å². The summed E-state index contributed by atoms with van der Waals surface area (Å²) < 4.78 is 33.1. The maximum atomic E-state index is 13.0. The third kappa shape index (κ3) is 5.53. The molecule has 0 bridgehead atoms. The molecule has 9 heteroatoms. The molecule has 3 rings (SSSR count). The summed E-state index contributed by atoms with van der Waals surface area (Å²) in [6.45, 7) is 4.61. The number of rotatable bonds is 6. The quantitative estimate of drug-likeness (QED) is 0.696. The Labute approximate surface area is 187 Å². The first kappa shape index (κ1) is 23.0. The predicted octanol–water partition coefficient (Wildman–Crippen LogP) is 3.76. The lowest BCUT2D eigenvalue weighted by Gasteiger charge is -2.34. The van der Waals surface area contributed by atoms with Crippen LogP contribution >= 0.6 is 23.2 Å². The van der Waals surface area contributed by atoms with Crippen molar-refractivity contribution in [1.82, 2.24) is 9.62 Å². The zero-order chi connectivity index (χ0) is 21.9. The van der Waals surface area contributed by atoms with Crippen LogP contribution in [0, 0.1) is 0 Å². The highest BCUT2D eigenvalue weighted by Crippen LogP contribution is 2.23. The third-order valence-electron chi connectivity index (χ3n) is 4.82. The van der Waals surface area contributed by atoms with Crippen molar-refractivity contribution in [1.29, 1.82) is 0 Å². The maximum absolute atomic E-state index is 13.0. The predicted molar refractivity (Wildman–Crippen MR) is 118 cm³/mol. The normalized spacial score (nSPS) is 20.1. The fraction of sp³-hybridized carbons (Fsp3) is 0.381. The Balaban J connectivity index is 1.67. The number of halogens is 2. The van der Waals surface area contributed by atoms with Crippen LogP contribution in [0.25, 0.3) is 0 Å². The van der Waals surface area contributed by atoms with E-state index in [9.17, 15) is 13.2 Å². The molecule has 0 aliphatic carbocycles. The summed E-state index contributed by atoms with van der Waals surface area (Å²) in [7, 11) is -3.71. The van der Waals surface area contributed by atoms with Crippen LogP contribution in [0.1, 0.15) is 29.8 Å². The Bertz CT molecular complexity index is 1020. The summed E-state index contributed by atoms with van der Waals surface area (Å²) in [5, 5.41) is 3.89. The number of nitrogens with zero attached hydrogens (tertiary/aromatic N) is 1. The van der Waals surface area contributed by atoms with Crippen molar-refractivity contribution in [3.05, 3.63) is 63.6 Å². The average Bonchev–Trinajstić information content (AvgIpc) is 2.69. The van der Waals surface area contributed by atoms with Gasteiger partial charge in [0.05, 0.1) is 17.1 Å². The lowest BCUT2D eigenvalue weighted by molar-refractivity contribution is -0.0440. The maximum Gasteiger partial charge on any atom is 0.251 e. The first-order valence-corrected chi connectivity index (χ1v) is 11.8. The molecule has 1 saturated heterocycles. The summed E-state index contributed by atoms with van der Waals surface area (Å²) in [6.07, 6.45) is 0.160. The van der Waals surface area contributed by atoms with Crippen molar-refractivity contribution in [2.75, 3.05) is 19.6 Å². The first-order valence-electron chi connectivity index (χ1n) is 9.64. The lowest BCUT2D eigenvalue weighted by atomic mass is 10.1. The van der Waals surface area contributed by atoms with Gasteiger partial charge in [-0.05, 0) is 56.2 Å². The molecule has 2 unspecified atom stereocenters. The van der Waals surface area contributed by atoms with Gasteiger partial charge in [0.1, 0.15) is 0 Å². The fourth-order valence-corrected chi connectivity index (χ4v) is 5.55. The van der Waals surface area contributed by atoms with E-state index in [0.717, 1.165) is 5.56 Å². The van der Waals surface area contributed by atoms with Gasteiger partial charge in [0.15, 0.2) is 0 Å². The molecule has 0 radical (unpaired) electrons. The fourth-order valence-electron chi connectivity index (χ4n) is 3.41. The minimum Gasteiger partial charge on any atom is -0.373 e. The molecule has 30 heavy (non-hydrogen) atoms. The number of carbonyl (C=O) groups is 1. The topological polar surface area (TPSA) is 75.7 Å². The second-order valence-corrected chi connectivity index (χ2v) is 10.1. The van der Waals surface area contributed by atoms with Crippen LogP contribution < -0.4 is 5.32 Å². The zero-order valence-electron chi connectivity index (χ0n) is 16.8. The molecule has 0 aromatic heterocycles. The molecule has 0 spiro atoms. The molecule has 1 N–H and O–H groups in total. The molecule has 2 atom stereocenters. The van der Waals surface area contributed by atoms with Crippen molar-refractivity contribution in [2.24, 2.45) is 0 Å². The summed E-state index contributed by atoms with van der Waals surface area (Å²) in [5.41, 5.74) is 1.15. The van der Waals surface area contributed by atoms with E-state index in [2.05, 4.69) is 5.32 Å². The van der Waals surface area contributed by atoms with Crippen molar-refractivity contribution in [3.63, 3.8) is 0 Å². The van der Waals surface area contributed by atoms with E-state index in [1.165, 1.54) is 16.4 Å². The van der Waals surface area contributed by atoms with E-state index >= 15 is 0 Å². The molecule has 162 valence electrons. The molecule has 0 saturated carbocycles. The largest absolute Gasteiger partial charge is 0.373 e. The Hall–Kier alpha value is -1.64. The smallest absolute Gasteiger partial charge is 0.251 e. The minimum absolute atomic E-state index is 0.0946. The molecular formula is C21H24Cl2N2O4S. The average molecular weight is 471 g/mol. The van der Waals surface area contributed by atoms with Gasteiger partial charge in [-0.25, -0.2) is 8.42 Å². The number of hydrogen-bond acceptors (Lipinski definition) is 4. The Kier molecular flexibility index (Phi) is 7.42. The van der Waals surface area contributed by atoms with Crippen LogP contribution in [0.2, 0.25) is 10.0 Å². The lowest BCUT2D eigenvalue weighted by Crippen LogP contribution is -2.48. The molecule has 1 aliphatic heterocycles. The van der Waals surface area contributed by atoms with Crippen LogP contribution in [0.5, 0.6) is 0 Å². The van der Waals surface area contributed by atoms with E-state index in [1.54, 1.807) is 24.3 Å². The Morgan fingerprint density at radius 2 is 1.83 bits per heavy atom. The van der Waals surface area contributed by atoms with Crippen LogP contribution in [-0.2, 0) is 21.2 Å². The number of sulfonamides is 1. The van der Waals surface area contributed by atoms with E-state index in [-0.39, 0.29) is 41.7 Å². The summed E-state index contributed by atoms with van der Waals surface area (Å²) in [4.78, 5) is 12.6. The standard InChI is InChI=1S/C21H24Cl2N2O4S/c1-14-12-25(13-15(2)29-14)30(27,28)19-5-3-4-17(10-19)21(26)24-9-8-16-6-7-18(22)11-20(16)23/h3-7,10-11,14-15H,8-9,12-13H2,1-2H3,(H,24,26). The second kappa shape index (κ2) is 9.66. The van der Waals surface area contributed by atoms with E-state index in [1.807, 2.05) is 19.9 Å². The number of carbonyl (C=O) groups excluding carboxylic acids is 1. The highest BCUT2D eigenvalue weighted by Gasteiger charge is 2.32. The van der Waals surface area contributed by atoms with Crippen molar-refractivity contribution < 1.29 is 17.9 Å². The van der Waals surface area contributed by atoms with Gasteiger partial charge in [0.2, 0.25) is 10.0 Å². The van der Waals surface area contributed by atoms with Gasteiger partial charge in [-0.1, -0.05) is 35.3 Å². The molecule has 1 aliphatic rings. The second-order valence-electron chi connectivity index (χ2n) is 7.35. The molecule has 1 heterocycles. The first-order chi connectivity index (χ1) is 14.2. The number of morpholine rings is 1. The van der Waals surface area contributed by atoms with Gasteiger partial charge in [-0.3, -0.25) is 4.79 Å². The highest BCUT2D eigenvalue weighted by molar-refractivity contribution is 7.89. The van der Waals surface area contributed by atoms with Crippen molar-refractivity contribution in [2.45, 2.75) is 37.4 Å². The monoisotopic (exact) mass is 470 g/mol. The van der Waals surface area contributed by atoms with Gasteiger partial charge >= 0.3 is 0 Å². The number of hydrogen-bond donors (Lipinski definition) is 1. The number of benzene rings is 2. The van der Waals surface area contributed by atoms with E-state index in [0.29, 0.717) is 23.0 Å². The molecular weight excluding hydrogens is 447 g/mol. The number of nitrogens with one attached hydrogen (secondary N) is 1. The van der Waals surface area contributed by atoms with Gasteiger partial charge in [0, 0.05) is 35.2 Å². The van der Waals surface area contributed by atoms with Crippen LogP contribution in [0.15, 0.2) is 47.4 Å². The summed E-state index contributed by atoms with van der Waals surface area (Å²) in [5.74, 6) is -0.346. The molecule has 1 fully saturated rings. The number of ether oxygens (including phenoxy) is 1. The van der Waals surface area contributed by atoms with Gasteiger partial charge in [-0.15, -0.1) is 0 Å². The molecule has 2 aromatic rings. The Morgan fingerprint density at radius 1 is 1.13 bits per heavy atom. The SMILES string of the molecule is CC1CN(S(=O)(=O)c2cccc(C(=O)NCCc3ccc(Cl)cc3Cl)c2)CC(C)O1. The van der Waals surface area contributed by atoms with Crippen molar-refractivity contribution >= 4 is 39.1 Å². The van der Waals surface area contributed by atoms with Gasteiger partial charge in [-0.2, -0.15) is 4.31 Å². The third-order valence-corrected chi connectivity index (χ3v) is 7.23. The molecule has 1 amide bonds. The highest BCUT2D eigenvalue weighted by atomic mass is 35.5. The number of amides is 1. The van der Waals surface area contributed by atoms with E-state index < -0.39 is 10.0 Å². The van der Waals surface area contributed by atoms with Crippen LogP contribution in [-0.4, -0.2) is 50.5 Å². The Morgan fingerprint density at radius 3 is 2.50 bits per heavy atom. The van der Waals surface area contributed by atoms with Gasteiger partial charge < -0.3 is 10.1 Å². The van der Waals surface area contributed by atoms with Gasteiger partial charge in [0.25, 0.3) is 5.91 Å². The molecule has 2 aromatic carbocycles. The molecule has 6 nitrogen and oxygen atoms in total. The minimum atomic E-state index is -3.71. The summed E-state index contributed by atoms with van der Waals surface area (Å²) in [6, 6.07) is 11.3. The van der Waals surface area contributed by atoms with Crippen LogP contribution in [0.3, 0.4) is 0 Å². The summed E-state index contributed by atoms with van der Waals surface area (Å²) >= 11 is 12.0. The van der Waals surface area contributed by atoms with Crippen molar-refractivity contribution in [3.8, 4) is 0 Å². The van der Waals surface area contributed by atoms with E-state index in [4.69, 9.17) is 27.9 Å². The zero-order valence-corrected chi connectivity index (χ0v) is 19.1.